The van der Waals surface area contributed by atoms with E-state index in [0.29, 0.717) is 12.0 Å². The average molecular weight is 244 g/mol. The smallest absolute Gasteiger partial charge is 0.365 e. The summed E-state index contributed by atoms with van der Waals surface area (Å²) in [5.74, 6) is -1.01. The highest BCUT2D eigenvalue weighted by Gasteiger charge is 2.09. The number of carboxylic acids is 1. The van der Waals surface area contributed by atoms with Gasteiger partial charge in [-0.25, -0.2) is 9.78 Å². The first-order valence-electron chi connectivity index (χ1n) is 4.86. The van der Waals surface area contributed by atoms with E-state index in [1.807, 2.05) is 12.1 Å². The Bertz CT molecular complexity index is 599. The van der Waals surface area contributed by atoms with Gasteiger partial charge in [-0.1, -0.05) is 12.1 Å². The van der Waals surface area contributed by atoms with Gasteiger partial charge in [0.05, 0.1) is 11.6 Å². The number of nitrogens with zero attached hydrogens (tertiary/aromatic N) is 2. The maximum absolute atomic E-state index is 10.7. The largest absolute Gasteiger partial charge is 0.476 e. The summed E-state index contributed by atoms with van der Waals surface area (Å²) in [5, 5.41) is 17.6. The Labute approximate surface area is 102 Å². The summed E-state index contributed by atoms with van der Waals surface area (Å²) >= 11 is 1.16. The van der Waals surface area contributed by atoms with Crippen molar-refractivity contribution in [3.63, 3.8) is 0 Å². The lowest BCUT2D eigenvalue weighted by atomic mass is 10.1. The van der Waals surface area contributed by atoms with Gasteiger partial charge in [0.15, 0.2) is 0 Å². The van der Waals surface area contributed by atoms with Gasteiger partial charge >= 0.3 is 5.97 Å². The number of benzene rings is 1. The second kappa shape index (κ2) is 4.76. The molecule has 0 spiro atoms. The second-order valence-electron chi connectivity index (χ2n) is 3.43. The van der Waals surface area contributed by atoms with E-state index in [0.717, 1.165) is 21.8 Å². The van der Waals surface area contributed by atoms with E-state index in [-0.39, 0.29) is 5.01 Å². The summed E-state index contributed by atoms with van der Waals surface area (Å²) in [5.41, 5.74) is 1.58. The minimum absolute atomic E-state index is 0.0939. The van der Waals surface area contributed by atoms with Crippen molar-refractivity contribution in [3.05, 3.63) is 51.5 Å². The predicted molar refractivity (Wildman–Crippen MR) is 63.0 cm³/mol. The van der Waals surface area contributed by atoms with Gasteiger partial charge in [0, 0.05) is 17.5 Å². The average Bonchev–Trinajstić information content (AvgIpc) is 2.78. The van der Waals surface area contributed by atoms with Gasteiger partial charge in [0.25, 0.3) is 0 Å². The SMILES string of the molecule is N#Cc1cccc(Cc2cnc(C(=O)O)s2)c1. The molecule has 1 heterocycles. The topological polar surface area (TPSA) is 74.0 Å². The summed E-state index contributed by atoms with van der Waals surface area (Å²) < 4.78 is 0. The summed E-state index contributed by atoms with van der Waals surface area (Å²) in [6.45, 7) is 0. The number of rotatable bonds is 3. The molecule has 0 saturated heterocycles. The molecule has 0 fully saturated rings. The number of hydrogen-bond donors (Lipinski definition) is 1. The summed E-state index contributed by atoms with van der Waals surface area (Å²) in [7, 11) is 0. The van der Waals surface area contributed by atoms with Gasteiger partial charge in [0.1, 0.15) is 0 Å². The molecule has 1 N–H and O–H groups in total. The number of nitriles is 1. The van der Waals surface area contributed by atoms with Crippen molar-refractivity contribution in [2.45, 2.75) is 6.42 Å². The number of carboxylic acid groups (broad SMARTS) is 1. The maximum atomic E-state index is 10.7. The molecule has 0 radical (unpaired) electrons. The second-order valence-corrected chi connectivity index (χ2v) is 4.54. The first kappa shape index (κ1) is 11.3. The summed E-state index contributed by atoms with van der Waals surface area (Å²) in [6, 6.07) is 9.31. The van der Waals surface area contributed by atoms with Crippen LogP contribution < -0.4 is 0 Å². The van der Waals surface area contributed by atoms with Crippen molar-refractivity contribution in [3.8, 4) is 6.07 Å². The molecule has 4 nitrogen and oxygen atoms in total. The minimum atomic E-state index is -1.01. The highest BCUT2D eigenvalue weighted by atomic mass is 32.1. The first-order chi connectivity index (χ1) is 8.19. The lowest BCUT2D eigenvalue weighted by Gasteiger charge is -1.98. The predicted octanol–water partition coefficient (Wildman–Crippen LogP) is 2.30. The summed E-state index contributed by atoms with van der Waals surface area (Å²) in [4.78, 5) is 15.4. The first-order valence-corrected chi connectivity index (χ1v) is 5.68. The molecule has 17 heavy (non-hydrogen) atoms. The Morgan fingerprint density at radius 3 is 3.00 bits per heavy atom. The van der Waals surface area contributed by atoms with Crippen LogP contribution in [0.15, 0.2) is 30.5 Å². The van der Waals surface area contributed by atoms with E-state index in [2.05, 4.69) is 11.1 Å². The van der Waals surface area contributed by atoms with Gasteiger partial charge < -0.3 is 5.11 Å². The molecule has 0 unspecified atom stereocenters. The molecule has 5 heteroatoms. The Kier molecular flexibility index (Phi) is 3.17. The molecule has 0 bridgehead atoms. The third-order valence-electron chi connectivity index (χ3n) is 2.17. The van der Waals surface area contributed by atoms with E-state index in [1.165, 1.54) is 0 Å². The number of aromatic nitrogens is 1. The molecule has 0 aliphatic heterocycles. The van der Waals surface area contributed by atoms with E-state index in [4.69, 9.17) is 10.4 Å². The van der Waals surface area contributed by atoms with E-state index >= 15 is 0 Å². The van der Waals surface area contributed by atoms with Gasteiger partial charge in [-0.05, 0) is 17.7 Å². The van der Waals surface area contributed by atoms with Crippen LogP contribution in [0.2, 0.25) is 0 Å². The van der Waals surface area contributed by atoms with Crippen LogP contribution in [0, 0.1) is 11.3 Å². The Morgan fingerprint density at radius 2 is 2.35 bits per heavy atom. The third-order valence-corrected chi connectivity index (χ3v) is 3.16. The molecule has 2 aromatic rings. The van der Waals surface area contributed by atoms with E-state index < -0.39 is 5.97 Å². The molecule has 0 amide bonds. The lowest BCUT2D eigenvalue weighted by molar-refractivity contribution is 0.0696. The zero-order chi connectivity index (χ0) is 12.3. The fourth-order valence-corrected chi connectivity index (χ4v) is 2.23. The third kappa shape index (κ3) is 2.68. The van der Waals surface area contributed by atoms with Gasteiger partial charge in [0.2, 0.25) is 5.01 Å². The molecule has 0 saturated carbocycles. The standard InChI is InChI=1S/C12H8N2O2S/c13-6-9-3-1-2-8(4-9)5-10-7-14-11(17-10)12(15)16/h1-4,7H,5H2,(H,15,16). The zero-order valence-corrected chi connectivity index (χ0v) is 9.57. The molecule has 1 aromatic carbocycles. The van der Waals surface area contributed by atoms with Crippen LogP contribution in [0.1, 0.15) is 25.8 Å². The monoisotopic (exact) mass is 244 g/mol. The summed E-state index contributed by atoms with van der Waals surface area (Å²) in [6.07, 6.45) is 2.16. The Morgan fingerprint density at radius 1 is 1.53 bits per heavy atom. The lowest BCUT2D eigenvalue weighted by Crippen LogP contribution is -1.92. The Balaban J connectivity index is 2.19. The highest BCUT2D eigenvalue weighted by Crippen LogP contribution is 2.17. The normalized spacial score (nSPS) is 9.82. The Hall–Kier alpha value is -2.19. The zero-order valence-electron chi connectivity index (χ0n) is 8.75. The maximum Gasteiger partial charge on any atom is 0.365 e. The molecule has 1 aromatic heterocycles. The van der Waals surface area contributed by atoms with Crippen LogP contribution in [0.5, 0.6) is 0 Å². The minimum Gasteiger partial charge on any atom is -0.476 e. The van der Waals surface area contributed by atoms with Gasteiger partial charge in [-0.3, -0.25) is 0 Å². The van der Waals surface area contributed by atoms with Crippen LogP contribution in [-0.2, 0) is 6.42 Å². The van der Waals surface area contributed by atoms with Crippen LogP contribution >= 0.6 is 11.3 Å². The van der Waals surface area contributed by atoms with Crippen molar-refractivity contribution in [2.75, 3.05) is 0 Å². The number of aromatic carboxylic acids is 1. The van der Waals surface area contributed by atoms with Crippen molar-refractivity contribution in [1.82, 2.24) is 4.98 Å². The van der Waals surface area contributed by atoms with Gasteiger partial charge in [-0.2, -0.15) is 5.26 Å². The molecule has 2 rings (SSSR count). The number of hydrogen-bond acceptors (Lipinski definition) is 4. The van der Waals surface area contributed by atoms with Gasteiger partial charge in [-0.15, -0.1) is 11.3 Å². The molecular formula is C12H8N2O2S. The number of thiazole rings is 1. The molecule has 0 aliphatic rings. The fraction of sp³-hybridized carbons (Fsp3) is 0.0833. The van der Waals surface area contributed by atoms with E-state index in [9.17, 15) is 4.79 Å². The number of carbonyl (C=O) groups is 1. The molecule has 0 atom stereocenters. The van der Waals surface area contributed by atoms with Crippen LogP contribution in [0.3, 0.4) is 0 Å². The molecule has 84 valence electrons. The highest BCUT2D eigenvalue weighted by molar-refractivity contribution is 7.13. The van der Waals surface area contributed by atoms with Crippen molar-refractivity contribution in [1.29, 1.82) is 5.26 Å². The van der Waals surface area contributed by atoms with Crippen molar-refractivity contribution in [2.24, 2.45) is 0 Å². The van der Waals surface area contributed by atoms with Crippen molar-refractivity contribution >= 4 is 17.3 Å². The van der Waals surface area contributed by atoms with Crippen LogP contribution in [0.4, 0.5) is 0 Å². The van der Waals surface area contributed by atoms with Crippen LogP contribution in [-0.4, -0.2) is 16.1 Å². The van der Waals surface area contributed by atoms with E-state index in [1.54, 1.807) is 18.3 Å². The van der Waals surface area contributed by atoms with Crippen LogP contribution in [0.25, 0.3) is 0 Å². The molecule has 0 aliphatic carbocycles. The van der Waals surface area contributed by atoms with Crippen molar-refractivity contribution < 1.29 is 9.90 Å². The quantitative estimate of drug-likeness (QED) is 0.899. The molecular weight excluding hydrogens is 236 g/mol. The fourth-order valence-electron chi connectivity index (χ4n) is 1.44.